The van der Waals surface area contributed by atoms with E-state index in [1.54, 1.807) is 40.9 Å². The molecule has 3 N–H and O–H groups in total. The van der Waals surface area contributed by atoms with Crippen molar-refractivity contribution in [3.05, 3.63) is 47.6 Å². The lowest BCUT2D eigenvalue weighted by atomic mass is 9.78. The van der Waals surface area contributed by atoms with Gasteiger partial charge in [0, 0.05) is 58.5 Å². The number of allylic oxidation sites excluding steroid dienone is 6. The van der Waals surface area contributed by atoms with Crippen LogP contribution in [-0.2, 0) is 62.0 Å². The van der Waals surface area contributed by atoms with Gasteiger partial charge in [0.25, 0.3) is 11.7 Å². The third kappa shape index (κ3) is 16.3. The molecule has 17 nitrogen and oxygen atoms in total. The van der Waals surface area contributed by atoms with E-state index in [-0.39, 0.29) is 49.2 Å². The maximum Gasteiger partial charge on any atom is 0.329 e. The number of carbonyl (C=O) groups is 7. The number of carboxylic acids is 1. The van der Waals surface area contributed by atoms with E-state index in [0.29, 0.717) is 63.4 Å². The van der Waals surface area contributed by atoms with Crippen molar-refractivity contribution in [1.29, 1.82) is 0 Å². The monoisotopic (exact) mass is 1000 g/mol. The summed E-state index contributed by atoms with van der Waals surface area (Å²) in [6.45, 7) is 12.5. The van der Waals surface area contributed by atoms with E-state index in [1.807, 2.05) is 51.2 Å². The highest BCUT2D eigenvalue weighted by atomic mass is 16.6. The molecule has 398 valence electrons. The summed E-state index contributed by atoms with van der Waals surface area (Å²) in [5.74, 6) is -10.8. The Hall–Kier alpha value is -4.39. The first-order valence-corrected chi connectivity index (χ1v) is 25.4. The fraction of sp³-hybridized carbons (Fsp3) is 0.722. The van der Waals surface area contributed by atoms with Crippen molar-refractivity contribution in [3.8, 4) is 0 Å². The molecule has 3 fully saturated rings. The van der Waals surface area contributed by atoms with Gasteiger partial charge < -0.3 is 48.6 Å². The summed E-state index contributed by atoms with van der Waals surface area (Å²) in [5.41, 5.74) is 1.20. The SMILES string of the molecule is CO[C@H]1C[C@@H]2CC[C@@H](C)[C@@](O)(O2)C(=O)C(=O)N2CCCC[C@H]2C(=O)O[C@H]([C@H](C)C[C@@H]2CC[C@@H](OC(=O)CC(=O)O)[C@H](OC)C2)CC(=O)[C@H](C)/C=C(\C)[C@@H](O)[C@@H](OC)C(=O)[C@H](C)C[C@H](C)/C=C/C=CC=C1C. The van der Waals surface area contributed by atoms with E-state index in [4.69, 9.17) is 33.5 Å². The molecule has 15 atom stereocenters. The number of carbonyl (C=O) groups excluding carboxylic acids is 6. The Labute approximate surface area is 419 Å². The molecule has 4 aliphatic rings. The summed E-state index contributed by atoms with van der Waals surface area (Å²) in [6.07, 6.45) is 8.84. The average molecular weight is 1000 g/mol. The van der Waals surface area contributed by atoms with Crippen molar-refractivity contribution >= 4 is 41.2 Å². The van der Waals surface area contributed by atoms with E-state index >= 15 is 0 Å². The van der Waals surface area contributed by atoms with Crippen LogP contribution in [0.5, 0.6) is 0 Å². The van der Waals surface area contributed by atoms with E-state index in [2.05, 4.69) is 0 Å². The quantitative estimate of drug-likeness (QED) is 0.101. The normalized spacial score (nSPS) is 36.6. The van der Waals surface area contributed by atoms with E-state index < -0.39 is 114 Å². The number of amides is 1. The summed E-state index contributed by atoms with van der Waals surface area (Å²) in [5, 5.41) is 32.5. The second-order valence-electron chi connectivity index (χ2n) is 20.6. The number of aliphatic hydroxyl groups is 2. The molecule has 0 radical (unpaired) electrons. The summed E-state index contributed by atoms with van der Waals surface area (Å²) < 4.78 is 35.0. The number of Topliss-reactive ketones (excluding diaryl/α,β-unsaturated/α-hetero) is 3. The number of carboxylic acid groups (broad SMARTS) is 1. The van der Waals surface area contributed by atoms with Crippen molar-refractivity contribution in [2.45, 2.75) is 186 Å². The van der Waals surface area contributed by atoms with Crippen molar-refractivity contribution in [2.24, 2.45) is 35.5 Å². The van der Waals surface area contributed by atoms with Gasteiger partial charge in [0.05, 0.1) is 18.3 Å². The number of rotatable bonds is 9. The van der Waals surface area contributed by atoms with Gasteiger partial charge in [-0.2, -0.15) is 0 Å². The number of piperidine rings is 1. The molecule has 3 aliphatic heterocycles. The van der Waals surface area contributed by atoms with Gasteiger partial charge in [-0.1, -0.05) is 71.1 Å². The van der Waals surface area contributed by atoms with Gasteiger partial charge in [0.15, 0.2) is 5.78 Å². The van der Waals surface area contributed by atoms with Crippen LogP contribution in [0.15, 0.2) is 47.6 Å². The first-order valence-electron chi connectivity index (χ1n) is 25.4. The second kappa shape index (κ2) is 27.6. The molecule has 2 saturated heterocycles. The highest BCUT2D eigenvalue weighted by Gasteiger charge is 2.53. The lowest BCUT2D eigenvalue weighted by molar-refractivity contribution is -0.265. The first kappa shape index (κ1) is 59.2. The Morgan fingerprint density at radius 3 is 2.24 bits per heavy atom. The lowest BCUT2D eigenvalue weighted by Crippen LogP contribution is -2.61. The van der Waals surface area contributed by atoms with Crippen LogP contribution in [0, 0.1) is 35.5 Å². The number of hydrogen-bond donors (Lipinski definition) is 3. The maximum atomic E-state index is 14.5. The Bertz CT molecular complexity index is 1990. The molecular formula is C54H81NO16. The molecule has 3 heterocycles. The van der Waals surface area contributed by atoms with Crippen LogP contribution in [-0.4, -0.2) is 144 Å². The molecule has 2 bridgehead atoms. The minimum Gasteiger partial charge on any atom is -0.481 e. The minimum absolute atomic E-state index is 0.00805. The van der Waals surface area contributed by atoms with E-state index in [0.717, 1.165) is 10.5 Å². The lowest BCUT2D eigenvalue weighted by Gasteiger charge is -2.42. The summed E-state index contributed by atoms with van der Waals surface area (Å²) in [7, 11) is 4.39. The molecule has 4 rings (SSSR count). The number of nitrogens with zero attached hydrogens (tertiary/aromatic N) is 1. The van der Waals surface area contributed by atoms with Crippen LogP contribution in [0.25, 0.3) is 0 Å². The summed E-state index contributed by atoms with van der Waals surface area (Å²) in [4.78, 5) is 95.5. The van der Waals surface area contributed by atoms with E-state index in [9.17, 15) is 43.8 Å². The molecule has 0 aromatic carbocycles. The molecule has 0 aromatic heterocycles. The zero-order valence-corrected chi connectivity index (χ0v) is 43.5. The van der Waals surface area contributed by atoms with Gasteiger partial charge in [-0.25, -0.2) is 4.79 Å². The summed E-state index contributed by atoms with van der Waals surface area (Å²) in [6, 6.07) is -1.20. The number of aliphatic carboxylic acids is 1. The highest BCUT2D eigenvalue weighted by Crippen LogP contribution is 2.38. The molecule has 1 aliphatic carbocycles. The Balaban J connectivity index is 1.69. The predicted octanol–water partition coefficient (Wildman–Crippen LogP) is 6.21. The fourth-order valence-corrected chi connectivity index (χ4v) is 10.6. The zero-order chi connectivity index (χ0) is 52.7. The van der Waals surface area contributed by atoms with Crippen LogP contribution in [0.4, 0.5) is 0 Å². The van der Waals surface area contributed by atoms with Crippen LogP contribution in [0.3, 0.4) is 0 Å². The molecular weight excluding hydrogens is 919 g/mol. The molecule has 71 heavy (non-hydrogen) atoms. The van der Waals surface area contributed by atoms with Crippen LogP contribution < -0.4 is 0 Å². The molecule has 1 amide bonds. The zero-order valence-electron chi connectivity index (χ0n) is 43.5. The van der Waals surface area contributed by atoms with Crippen LogP contribution >= 0.6 is 0 Å². The third-order valence-corrected chi connectivity index (χ3v) is 15.0. The second-order valence-corrected chi connectivity index (χ2v) is 20.6. The molecule has 0 spiro atoms. The van der Waals surface area contributed by atoms with Gasteiger partial charge in [-0.05, 0) is 107 Å². The van der Waals surface area contributed by atoms with Crippen LogP contribution in [0.1, 0.15) is 132 Å². The molecule has 0 unspecified atom stereocenters. The van der Waals surface area contributed by atoms with Crippen LogP contribution in [0.2, 0.25) is 0 Å². The Morgan fingerprint density at radius 1 is 0.859 bits per heavy atom. The number of cyclic esters (lactones) is 1. The number of esters is 2. The number of aliphatic hydroxyl groups excluding tert-OH is 1. The molecule has 0 aromatic rings. The van der Waals surface area contributed by atoms with Gasteiger partial charge >= 0.3 is 17.9 Å². The number of ketones is 3. The van der Waals surface area contributed by atoms with Gasteiger partial charge in [0.2, 0.25) is 5.79 Å². The first-order chi connectivity index (χ1) is 33.5. The van der Waals surface area contributed by atoms with Crippen molar-refractivity contribution < 1.29 is 77.3 Å². The Kier molecular flexibility index (Phi) is 23.0. The Morgan fingerprint density at radius 2 is 1.58 bits per heavy atom. The largest absolute Gasteiger partial charge is 0.481 e. The van der Waals surface area contributed by atoms with Gasteiger partial charge in [-0.3, -0.25) is 28.8 Å². The van der Waals surface area contributed by atoms with Crippen molar-refractivity contribution in [1.82, 2.24) is 4.90 Å². The molecule has 17 heteroatoms. The smallest absolute Gasteiger partial charge is 0.329 e. The fourth-order valence-electron chi connectivity index (χ4n) is 10.6. The molecule has 1 saturated carbocycles. The number of fused-ring (bicyclic) bond motifs is 3. The highest BCUT2D eigenvalue weighted by molar-refractivity contribution is 6.39. The van der Waals surface area contributed by atoms with E-state index in [1.165, 1.54) is 14.2 Å². The van der Waals surface area contributed by atoms with Gasteiger partial charge in [-0.15, -0.1) is 0 Å². The third-order valence-electron chi connectivity index (χ3n) is 15.0. The topological polar surface area (TPSA) is 239 Å². The number of hydrogen-bond acceptors (Lipinski definition) is 15. The maximum absolute atomic E-state index is 14.5. The number of ether oxygens (including phenoxy) is 6. The summed E-state index contributed by atoms with van der Waals surface area (Å²) >= 11 is 0. The van der Waals surface area contributed by atoms with Crippen molar-refractivity contribution in [2.75, 3.05) is 27.9 Å². The number of methoxy groups -OCH3 is 3. The minimum atomic E-state index is -2.47. The standard InChI is InChI=1S/C54H81NO16/c1-31-16-12-11-13-17-32(2)43(66-8)28-39-21-19-37(7)54(65,71-39)51(62)52(63)55-23-15-14-18-40(55)53(64)70-44(29-41(56)33(3)25-36(6)49(61)50(68-10)48(60)35(5)24-31)34(4)26-38-20-22-42(45(27-38)67-9)69-47(59)30-46(57)58/h11-13,16-17,25,31,33-35,37-40,42-45,49-50,61,65H,14-15,18-24,26-30H2,1-10H3,(H,57,58)/b13-11?,16-12+,32-17?,36-25+/t31-,33-,34-,35-,37-,38+,39+,40+,42-,43+,44+,45-,49-,50+,54-/m1/s1. The predicted molar refractivity (Wildman–Crippen MR) is 261 cm³/mol. The average Bonchev–Trinajstić information content (AvgIpc) is 3.33. The van der Waals surface area contributed by atoms with Gasteiger partial charge in [0.1, 0.15) is 42.7 Å². The van der Waals surface area contributed by atoms with Crippen molar-refractivity contribution in [3.63, 3.8) is 0 Å².